The van der Waals surface area contributed by atoms with Gasteiger partial charge in [-0.25, -0.2) is 4.79 Å². The zero-order valence-electron chi connectivity index (χ0n) is 11.4. The second-order valence-corrected chi connectivity index (χ2v) is 4.17. The first-order valence-electron chi connectivity index (χ1n) is 6.36. The van der Waals surface area contributed by atoms with Gasteiger partial charge in [0.1, 0.15) is 0 Å². The van der Waals surface area contributed by atoms with Crippen LogP contribution in [-0.4, -0.2) is 64.3 Å². The average Bonchev–Trinajstić information content (AvgIpc) is 2.30. The third-order valence-corrected chi connectivity index (χ3v) is 2.83. The molecule has 1 atom stereocenters. The lowest BCUT2D eigenvalue weighted by molar-refractivity contribution is -0.138. The van der Waals surface area contributed by atoms with E-state index in [0.29, 0.717) is 26.1 Å². The number of hydrogen-bond donors (Lipinski definition) is 2. The van der Waals surface area contributed by atoms with Crippen LogP contribution < -0.4 is 0 Å². The zero-order chi connectivity index (χ0) is 14.1. The molecule has 0 bridgehead atoms. The Balaban J connectivity index is 4.60. The summed E-state index contributed by atoms with van der Waals surface area (Å²) in [5.41, 5.74) is 0. The van der Waals surface area contributed by atoms with Crippen molar-refractivity contribution in [3.05, 3.63) is 0 Å². The Morgan fingerprint density at radius 3 is 2.22 bits per heavy atom. The SMILES string of the molecule is CCN(CCCO)C(=O)N(CC)C(C)CC(=O)O. The van der Waals surface area contributed by atoms with E-state index in [2.05, 4.69) is 0 Å². The molecule has 0 saturated carbocycles. The molecule has 0 aromatic heterocycles. The van der Waals surface area contributed by atoms with Gasteiger partial charge >= 0.3 is 12.0 Å². The molecule has 0 aromatic carbocycles. The Labute approximate surface area is 108 Å². The predicted octanol–water partition coefficient (Wildman–Crippen LogP) is 0.996. The molecule has 0 spiro atoms. The Kier molecular flexibility index (Phi) is 8.11. The number of aliphatic hydroxyl groups is 1. The van der Waals surface area contributed by atoms with Crippen molar-refractivity contribution >= 4 is 12.0 Å². The number of nitrogens with zero attached hydrogens (tertiary/aromatic N) is 2. The predicted molar refractivity (Wildman–Crippen MR) is 68.4 cm³/mol. The fourth-order valence-corrected chi connectivity index (χ4v) is 1.83. The fraction of sp³-hybridized carbons (Fsp3) is 0.833. The molecule has 0 fully saturated rings. The number of carbonyl (C=O) groups is 2. The number of rotatable bonds is 8. The van der Waals surface area contributed by atoms with Crippen molar-refractivity contribution in [1.29, 1.82) is 0 Å². The number of hydrogen-bond acceptors (Lipinski definition) is 3. The van der Waals surface area contributed by atoms with Gasteiger partial charge in [-0.1, -0.05) is 0 Å². The van der Waals surface area contributed by atoms with Crippen LogP contribution in [0.15, 0.2) is 0 Å². The lowest BCUT2D eigenvalue weighted by Gasteiger charge is -2.32. The minimum Gasteiger partial charge on any atom is -0.481 e. The summed E-state index contributed by atoms with van der Waals surface area (Å²) in [4.78, 5) is 26.1. The number of carbonyl (C=O) groups excluding carboxylic acids is 1. The van der Waals surface area contributed by atoms with Crippen LogP contribution in [0.5, 0.6) is 0 Å². The van der Waals surface area contributed by atoms with Crippen LogP contribution in [0.25, 0.3) is 0 Å². The molecule has 0 aliphatic heterocycles. The van der Waals surface area contributed by atoms with E-state index in [1.165, 1.54) is 0 Å². The summed E-state index contributed by atoms with van der Waals surface area (Å²) in [5, 5.41) is 17.5. The van der Waals surface area contributed by atoms with Crippen LogP contribution in [0.1, 0.15) is 33.6 Å². The molecule has 0 aliphatic carbocycles. The number of aliphatic hydroxyl groups excluding tert-OH is 1. The monoisotopic (exact) mass is 260 g/mol. The Morgan fingerprint density at radius 1 is 1.22 bits per heavy atom. The Bertz CT molecular complexity index is 271. The highest BCUT2D eigenvalue weighted by molar-refractivity contribution is 5.76. The van der Waals surface area contributed by atoms with E-state index < -0.39 is 5.97 Å². The third kappa shape index (κ3) is 5.35. The molecule has 2 amide bonds. The number of aliphatic carboxylic acids is 1. The smallest absolute Gasteiger partial charge is 0.320 e. The summed E-state index contributed by atoms with van der Waals surface area (Å²) < 4.78 is 0. The maximum Gasteiger partial charge on any atom is 0.320 e. The van der Waals surface area contributed by atoms with E-state index in [1.807, 2.05) is 13.8 Å². The van der Waals surface area contributed by atoms with Crippen LogP contribution in [0.3, 0.4) is 0 Å². The molecule has 6 nitrogen and oxygen atoms in total. The van der Waals surface area contributed by atoms with Gasteiger partial charge in [-0.05, 0) is 27.2 Å². The molecule has 0 aliphatic rings. The normalized spacial score (nSPS) is 12.0. The van der Waals surface area contributed by atoms with E-state index in [1.54, 1.807) is 16.7 Å². The maximum absolute atomic E-state index is 12.2. The Hall–Kier alpha value is -1.30. The van der Waals surface area contributed by atoms with E-state index in [4.69, 9.17) is 10.2 Å². The summed E-state index contributed by atoms with van der Waals surface area (Å²) in [6.45, 7) is 6.98. The lowest BCUT2D eigenvalue weighted by Crippen LogP contribution is -2.48. The molecule has 18 heavy (non-hydrogen) atoms. The van der Waals surface area contributed by atoms with Gasteiger partial charge in [0.05, 0.1) is 6.42 Å². The van der Waals surface area contributed by atoms with Crippen LogP contribution in [-0.2, 0) is 4.79 Å². The zero-order valence-corrected chi connectivity index (χ0v) is 11.4. The minimum atomic E-state index is -0.910. The molecule has 0 heterocycles. The van der Waals surface area contributed by atoms with Crippen molar-refractivity contribution in [3.63, 3.8) is 0 Å². The molecule has 0 radical (unpaired) electrons. The second-order valence-electron chi connectivity index (χ2n) is 4.17. The highest BCUT2D eigenvalue weighted by Crippen LogP contribution is 2.08. The van der Waals surface area contributed by atoms with Crippen molar-refractivity contribution < 1.29 is 19.8 Å². The van der Waals surface area contributed by atoms with Crippen molar-refractivity contribution in [2.75, 3.05) is 26.2 Å². The van der Waals surface area contributed by atoms with Gasteiger partial charge in [-0.2, -0.15) is 0 Å². The van der Waals surface area contributed by atoms with E-state index >= 15 is 0 Å². The largest absolute Gasteiger partial charge is 0.481 e. The first kappa shape index (κ1) is 16.7. The summed E-state index contributed by atoms with van der Waals surface area (Å²) in [5.74, 6) is -0.910. The average molecular weight is 260 g/mol. The first-order chi connectivity index (χ1) is 8.47. The van der Waals surface area contributed by atoms with Crippen molar-refractivity contribution in [2.24, 2.45) is 0 Å². The molecule has 2 N–H and O–H groups in total. The van der Waals surface area contributed by atoms with Gasteiger partial charge in [0, 0.05) is 32.3 Å². The lowest BCUT2D eigenvalue weighted by atomic mass is 10.2. The van der Waals surface area contributed by atoms with E-state index in [9.17, 15) is 9.59 Å². The second kappa shape index (κ2) is 8.74. The van der Waals surface area contributed by atoms with Gasteiger partial charge in [-0.15, -0.1) is 0 Å². The molecule has 0 saturated heterocycles. The maximum atomic E-state index is 12.2. The molecule has 106 valence electrons. The molecular weight excluding hydrogens is 236 g/mol. The minimum absolute atomic E-state index is 0.0422. The van der Waals surface area contributed by atoms with Crippen molar-refractivity contribution in [3.8, 4) is 0 Å². The standard InChI is InChI=1S/C12H24N2O4/c1-4-13(7-6-8-15)12(18)14(5-2)10(3)9-11(16)17/h10,15H,4-9H2,1-3H3,(H,16,17). The van der Waals surface area contributed by atoms with Crippen molar-refractivity contribution in [2.45, 2.75) is 39.7 Å². The van der Waals surface area contributed by atoms with Crippen LogP contribution in [0, 0.1) is 0 Å². The summed E-state index contributed by atoms with van der Waals surface area (Å²) in [6, 6.07) is -0.495. The molecule has 6 heteroatoms. The van der Waals surface area contributed by atoms with Gasteiger partial charge in [0.2, 0.25) is 0 Å². The number of carboxylic acid groups (broad SMARTS) is 1. The summed E-state index contributed by atoms with van der Waals surface area (Å²) in [6.07, 6.45) is 0.474. The molecule has 1 unspecified atom stereocenters. The first-order valence-corrected chi connectivity index (χ1v) is 6.36. The molecular formula is C12H24N2O4. The molecule has 0 rings (SSSR count). The Morgan fingerprint density at radius 2 is 1.83 bits per heavy atom. The van der Waals surface area contributed by atoms with E-state index in [-0.39, 0.29) is 25.1 Å². The number of urea groups is 1. The van der Waals surface area contributed by atoms with Gasteiger partial charge in [0.15, 0.2) is 0 Å². The number of amides is 2. The summed E-state index contributed by atoms with van der Waals surface area (Å²) >= 11 is 0. The van der Waals surface area contributed by atoms with Gasteiger partial charge < -0.3 is 20.0 Å². The van der Waals surface area contributed by atoms with Gasteiger partial charge in [-0.3, -0.25) is 4.79 Å². The molecule has 0 aromatic rings. The highest BCUT2D eigenvalue weighted by Gasteiger charge is 2.24. The van der Waals surface area contributed by atoms with Crippen LogP contribution in [0.4, 0.5) is 4.79 Å². The van der Waals surface area contributed by atoms with Gasteiger partial charge in [0.25, 0.3) is 0 Å². The van der Waals surface area contributed by atoms with Crippen LogP contribution >= 0.6 is 0 Å². The summed E-state index contributed by atoms with van der Waals surface area (Å²) in [7, 11) is 0. The van der Waals surface area contributed by atoms with Crippen LogP contribution in [0.2, 0.25) is 0 Å². The third-order valence-electron chi connectivity index (χ3n) is 2.83. The fourth-order valence-electron chi connectivity index (χ4n) is 1.83. The topological polar surface area (TPSA) is 81.1 Å². The number of carboxylic acids is 1. The highest BCUT2D eigenvalue weighted by atomic mass is 16.4. The van der Waals surface area contributed by atoms with Crippen molar-refractivity contribution in [1.82, 2.24) is 9.80 Å². The quantitative estimate of drug-likeness (QED) is 0.682. The van der Waals surface area contributed by atoms with E-state index in [0.717, 1.165) is 0 Å².